The topological polar surface area (TPSA) is 3.24 Å². The molecule has 1 aromatic carbocycles. The van der Waals surface area contributed by atoms with Gasteiger partial charge in [0.05, 0.1) is 0 Å². The van der Waals surface area contributed by atoms with Crippen molar-refractivity contribution < 1.29 is 0 Å². The molecule has 0 spiro atoms. The zero-order valence-electron chi connectivity index (χ0n) is 12.7. The van der Waals surface area contributed by atoms with Gasteiger partial charge in [0.1, 0.15) is 0 Å². The Morgan fingerprint density at radius 2 is 1.61 bits per heavy atom. The molecule has 0 N–H and O–H groups in total. The largest absolute Gasteiger partial charge is 0.301 e. The van der Waals surface area contributed by atoms with Gasteiger partial charge < -0.3 is 4.90 Å². The van der Waals surface area contributed by atoms with Crippen LogP contribution in [0.15, 0.2) is 30.3 Å². The second-order valence-electron chi connectivity index (χ2n) is 6.68. The van der Waals surface area contributed by atoms with Gasteiger partial charge in [0, 0.05) is 12.6 Å². The first-order valence-electron chi connectivity index (χ1n) is 7.16. The first kappa shape index (κ1) is 15.2. The number of hydrogen-bond acceptors (Lipinski definition) is 1. The van der Waals surface area contributed by atoms with Crippen LogP contribution in [0.2, 0.25) is 0 Å². The summed E-state index contributed by atoms with van der Waals surface area (Å²) in [6.45, 7) is 13.9. The van der Waals surface area contributed by atoms with Crippen LogP contribution in [0.25, 0.3) is 0 Å². The van der Waals surface area contributed by atoms with Crippen LogP contribution >= 0.6 is 0 Å². The van der Waals surface area contributed by atoms with Gasteiger partial charge in [-0.25, -0.2) is 0 Å². The Morgan fingerprint density at radius 3 is 2.11 bits per heavy atom. The van der Waals surface area contributed by atoms with Gasteiger partial charge in [-0.1, -0.05) is 51.1 Å². The molecule has 0 saturated heterocycles. The van der Waals surface area contributed by atoms with E-state index in [-0.39, 0.29) is 0 Å². The van der Waals surface area contributed by atoms with Crippen LogP contribution in [0.5, 0.6) is 0 Å². The molecule has 0 atom stereocenters. The highest BCUT2D eigenvalue weighted by molar-refractivity contribution is 5.14. The minimum atomic E-state index is 0.430. The fourth-order valence-corrected chi connectivity index (χ4v) is 2.02. The summed E-state index contributed by atoms with van der Waals surface area (Å²) >= 11 is 0. The van der Waals surface area contributed by atoms with E-state index < -0.39 is 0 Å². The fourth-order valence-electron chi connectivity index (χ4n) is 2.02. The molecule has 102 valence electrons. The van der Waals surface area contributed by atoms with Gasteiger partial charge in [-0.15, -0.1) is 0 Å². The Labute approximate surface area is 113 Å². The van der Waals surface area contributed by atoms with Gasteiger partial charge in [-0.3, -0.25) is 0 Å². The fraction of sp³-hybridized carbons (Fsp3) is 0.647. The average Bonchev–Trinajstić information content (AvgIpc) is 2.28. The summed E-state index contributed by atoms with van der Waals surface area (Å²) < 4.78 is 0. The van der Waals surface area contributed by atoms with E-state index in [1.54, 1.807) is 0 Å². The van der Waals surface area contributed by atoms with Crippen LogP contribution in [0.1, 0.15) is 46.6 Å². The van der Waals surface area contributed by atoms with Gasteiger partial charge in [0.25, 0.3) is 0 Å². The van der Waals surface area contributed by atoms with E-state index in [0.29, 0.717) is 11.5 Å². The summed E-state index contributed by atoms with van der Waals surface area (Å²) in [5, 5.41) is 0. The Balaban J connectivity index is 2.44. The van der Waals surface area contributed by atoms with Crippen molar-refractivity contribution in [2.75, 3.05) is 13.1 Å². The molecule has 0 heterocycles. The first-order valence-corrected chi connectivity index (χ1v) is 7.16. The molecule has 0 aliphatic carbocycles. The summed E-state index contributed by atoms with van der Waals surface area (Å²) in [5.74, 6) is 0. The maximum Gasteiger partial charge on any atom is 0.00387 e. The van der Waals surface area contributed by atoms with Crippen LogP contribution in [-0.2, 0) is 6.42 Å². The van der Waals surface area contributed by atoms with E-state index in [9.17, 15) is 0 Å². The van der Waals surface area contributed by atoms with E-state index in [4.69, 9.17) is 0 Å². The maximum atomic E-state index is 2.60. The highest BCUT2D eigenvalue weighted by Gasteiger charge is 2.15. The lowest BCUT2D eigenvalue weighted by Gasteiger charge is -2.30. The maximum absolute atomic E-state index is 2.60. The number of rotatable bonds is 6. The van der Waals surface area contributed by atoms with Crippen molar-refractivity contribution >= 4 is 0 Å². The normalized spacial score (nSPS) is 12.4. The van der Waals surface area contributed by atoms with E-state index in [1.807, 2.05) is 0 Å². The van der Waals surface area contributed by atoms with E-state index in [1.165, 1.54) is 18.5 Å². The molecule has 0 amide bonds. The molecule has 0 radical (unpaired) electrons. The molecule has 1 rings (SSSR count). The highest BCUT2D eigenvalue weighted by Crippen LogP contribution is 2.19. The van der Waals surface area contributed by atoms with Crippen molar-refractivity contribution in [1.82, 2.24) is 4.90 Å². The number of nitrogens with zero attached hydrogens (tertiary/aromatic N) is 1. The molecule has 0 aliphatic heterocycles. The molecule has 1 heteroatoms. The van der Waals surface area contributed by atoms with Crippen molar-refractivity contribution in [3.05, 3.63) is 35.9 Å². The second-order valence-corrected chi connectivity index (χ2v) is 6.68. The van der Waals surface area contributed by atoms with Crippen molar-refractivity contribution in [1.29, 1.82) is 0 Å². The lowest BCUT2D eigenvalue weighted by Crippen LogP contribution is -2.35. The minimum absolute atomic E-state index is 0.430. The summed E-state index contributed by atoms with van der Waals surface area (Å²) in [5.41, 5.74) is 1.87. The van der Waals surface area contributed by atoms with Crippen molar-refractivity contribution in [3.63, 3.8) is 0 Å². The summed E-state index contributed by atoms with van der Waals surface area (Å²) in [6.07, 6.45) is 2.42. The molecule has 18 heavy (non-hydrogen) atoms. The monoisotopic (exact) mass is 247 g/mol. The lowest BCUT2D eigenvalue weighted by molar-refractivity contribution is 0.191. The Kier molecular flexibility index (Phi) is 5.87. The molecule has 0 unspecified atom stereocenters. The summed E-state index contributed by atoms with van der Waals surface area (Å²) in [6, 6.07) is 11.4. The van der Waals surface area contributed by atoms with Crippen molar-refractivity contribution in [2.24, 2.45) is 5.41 Å². The standard InChI is InChI=1S/C17H29N/c1-15(2)18(14-12-17(3,4)5)13-11-16-9-7-6-8-10-16/h6-10,15H,11-14H2,1-5H3. The quantitative estimate of drug-likeness (QED) is 0.721. The average molecular weight is 247 g/mol. The molecule has 0 aliphatic rings. The number of hydrogen-bond donors (Lipinski definition) is 0. The van der Waals surface area contributed by atoms with Gasteiger partial charge in [-0.05, 0) is 44.2 Å². The zero-order chi connectivity index (χ0) is 13.6. The molecule has 0 saturated carbocycles. The molecule has 1 nitrogen and oxygen atoms in total. The van der Waals surface area contributed by atoms with E-state index in [2.05, 4.69) is 69.9 Å². The molecule has 0 aromatic heterocycles. The zero-order valence-corrected chi connectivity index (χ0v) is 12.7. The predicted molar refractivity (Wildman–Crippen MR) is 80.9 cm³/mol. The third-order valence-corrected chi connectivity index (χ3v) is 3.41. The second kappa shape index (κ2) is 6.94. The molecule has 1 aromatic rings. The molecule has 0 fully saturated rings. The third kappa shape index (κ3) is 6.20. The van der Waals surface area contributed by atoms with Crippen LogP contribution in [-0.4, -0.2) is 24.0 Å². The smallest absolute Gasteiger partial charge is 0.00387 e. The van der Waals surface area contributed by atoms with E-state index in [0.717, 1.165) is 13.0 Å². The van der Waals surface area contributed by atoms with Gasteiger partial charge in [-0.2, -0.15) is 0 Å². The predicted octanol–water partition coefficient (Wildman–Crippen LogP) is 4.38. The molecule has 0 bridgehead atoms. The minimum Gasteiger partial charge on any atom is -0.301 e. The Hall–Kier alpha value is -0.820. The van der Waals surface area contributed by atoms with Crippen LogP contribution in [0.3, 0.4) is 0 Å². The first-order chi connectivity index (χ1) is 8.38. The lowest BCUT2D eigenvalue weighted by atomic mass is 9.92. The van der Waals surface area contributed by atoms with Crippen LogP contribution in [0, 0.1) is 5.41 Å². The summed E-state index contributed by atoms with van der Waals surface area (Å²) in [4.78, 5) is 2.60. The number of benzene rings is 1. The Bertz CT molecular complexity index is 321. The van der Waals surface area contributed by atoms with Crippen LogP contribution < -0.4 is 0 Å². The van der Waals surface area contributed by atoms with Gasteiger partial charge in [0.15, 0.2) is 0 Å². The SMILES string of the molecule is CC(C)N(CCc1ccccc1)CCC(C)(C)C. The summed E-state index contributed by atoms with van der Waals surface area (Å²) in [7, 11) is 0. The third-order valence-electron chi connectivity index (χ3n) is 3.41. The highest BCUT2D eigenvalue weighted by atomic mass is 15.1. The van der Waals surface area contributed by atoms with Gasteiger partial charge >= 0.3 is 0 Å². The molecular weight excluding hydrogens is 218 g/mol. The van der Waals surface area contributed by atoms with Crippen molar-refractivity contribution in [3.8, 4) is 0 Å². The van der Waals surface area contributed by atoms with Gasteiger partial charge in [0.2, 0.25) is 0 Å². The van der Waals surface area contributed by atoms with E-state index >= 15 is 0 Å². The molecular formula is C17H29N. The Morgan fingerprint density at radius 1 is 1.00 bits per heavy atom. The van der Waals surface area contributed by atoms with Crippen molar-refractivity contribution in [2.45, 2.75) is 53.5 Å². The van der Waals surface area contributed by atoms with Crippen LogP contribution in [0.4, 0.5) is 0 Å².